The quantitative estimate of drug-likeness (QED) is 0.136. The maximum Gasteiger partial charge on any atom is 0.252 e. The van der Waals surface area contributed by atoms with Crippen molar-refractivity contribution in [2.45, 2.75) is 9.75 Å². The van der Waals surface area contributed by atoms with Gasteiger partial charge in [-0.2, -0.15) is 9.40 Å². The van der Waals surface area contributed by atoms with Crippen LogP contribution in [0.1, 0.15) is 16.7 Å². The molecule has 8 aromatic rings. The predicted molar refractivity (Wildman–Crippen MR) is 220 cm³/mol. The summed E-state index contributed by atoms with van der Waals surface area (Å²) in [4.78, 5) is 12.2. The highest BCUT2D eigenvalue weighted by Gasteiger charge is 2.40. The summed E-state index contributed by atoms with van der Waals surface area (Å²) in [6.45, 7) is 2.29. The molecule has 9 rings (SSSR count). The third kappa shape index (κ3) is 6.32. The number of benzene rings is 5. The van der Waals surface area contributed by atoms with Crippen molar-refractivity contribution in [3.05, 3.63) is 181 Å². The molecule has 8 nitrogen and oxygen atoms in total. The molecule has 0 amide bonds. The second kappa shape index (κ2) is 14.7. The van der Waals surface area contributed by atoms with E-state index in [9.17, 15) is 12.8 Å². The zero-order valence-corrected chi connectivity index (χ0v) is 32.2. The van der Waals surface area contributed by atoms with Crippen molar-refractivity contribution in [1.82, 2.24) is 29.0 Å². The van der Waals surface area contributed by atoms with Gasteiger partial charge in [0.05, 0.1) is 16.1 Å². The van der Waals surface area contributed by atoms with Gasteiger partial charge in [-0.05, 0) is 77.8 Å². The molecule has 0 N–H and O–H groups in total. The van der Waals surface area contributed by atoms with E-state index in [1.54, 1.807) is 22.5 Å². The summed E-state index contributed by atoms with van der Waals surface area (Å²) in [5.74, 6) is -0.334. The van der Waals surface area contributed by atoms with Crippen LogP contribution >= 0.6 is 11.3 Å². The molecule has 0 unspecified atom stereocenters. The van der Waals surface area contributed by atoms with Gasteiger partial charge in [-0.1, -0.05) is 97.1 Å². The molecule has 5 aromatic carbocycles. The maximum atomic E-state index is 14.4. The third-order valence-electron chi connectivity index (χ3n) is 10.6. The van der Waals surface area contributed by atoms with Gasteiger partial charge in [-0.3, -0.25) is 4.68 Å². The van der Waals surface area contributed by atoms with E-state index in [2.05, 4.69) is 52.5 Å². The van der Waals surface area contributed by atoms with Gasteiger partial charge >= 0.3 is 0 Å². The lowest BCUT2D eigenvalue weighted by atomic mass is 9.77. The summed E-state index contributed by atoms with van der Waals surface area (Å²) in [6, 6.07) is 46.9. The normalized spacial score (nSPS) is 14.3. The molecule has 0 aliphatic carbocycles. The van der Waals surface area contributed by atoms with Crippen LogP contribution in [0.2, 0.25) is 0 Å². The van der Waals surface area contributed by atoms with E-state index in [1.165, 1.54) is 29.8 Å². The molecular formula is C45H37FN6O2S2. The van der Waals surface area contributed by atoms with Gasteiger partial charge < -0.3 is 4.90 Å². The van der Waals surface area contributed by atoms with Crippen molar-refractivity contribution >= 4 is 32.3 Å². The molecule has 4 heterocycles. The van der Waals surface area contributed by atoms with E-state index in [0.29, 0.717) is 41.8 Å². The van der Waals surface area contributed by atoms with Crippen molar-refractivity contribution in [3.63, 3.8) is 0 Å². The topological polar surface area (TPSA) is 84.2 Å². The molecule has 0 atom stereocenters. The van der Waals surface area contributed by atoms with Crippen LogP contribution in [0.4, 0.5) is 4.39 Å². The average molecular weight is 777 g/mol. The number of thiophene rings is 1. The first-order valence-electron chi connectivity index (χ1n) is 18.4. The largest absolute Gasteiger partial charge is 0.304 e. The summed E-state index contributed by atoms with van der Waals surface area (Å²) in [5.41, 5.74) is 6.64. The standard InChI is InChI=1S/C45H37FN6O2S2/c1-50-25-27-51(28-26-50)56(53,54)42-24-23-41(55-42)44-38-29-33(19-22-40(38)47-31-48-44)39-30-52(49-43(39)32-17-20-37(46)21-18-32)45(34-11-5-2-6-12-34,35-13-7-3-8-14-35)36-15-9-4-10-16-36/h2-24,29-31H,25-28H2,1H3. The van der Waals surface area contributed by atoms with Crippen molar-refractivity contribution in [2.75, 3.05) is 33.2 Å². The minimum Gasteiger partial charge on any atom is -0.304 e. The highest BCUT2D eigenvalue weighted by atomic mass is 32.2. The lowest BCUT2D eigenvalue weighted by molar-refractivity contribution is 0.222. The second-order valence-electron chi connectivity index (χ2n) is 13.9. The molecular weight excluding hydrogens is 740 g/mol. The van der Waals surface area contributed by atoms with Crippen molar-refractivity contribution in [1.29, 1.82) is 0 Å². The molecule has 0 saturated carbocycles. The summed E-state index contributed by atoms with van der Waals surface area (Å²) >= 11 is 1.22. The van der Waals surface area contributed by atoms with Crippen molar-refractivity contribution in [3.8, 4) is 33.0 Å². The molecule has 278 valence electrons. The van der Waals surface area contributed by atoms with Crippen LogP contribution < -0.4 is 0 Å². The Morgan fingerprint density at radius 3 is 1.86 bits per heavy atom. The number of halogens is 1. The number of sulfonamides is 1. The fourth-order valence-electron chi connectivity index (χ4n) is 7.68. The van der Waals surface area contributed by atoms with Gasteiger partial charge in [0.25, 0.3) is 10.0 Å². The van der Waals surface area contributed by atoms with Gasteiger partial charge in [-0.25, -0.2) is 22.8 Å². The maximum absolute atomic E-state index is 14.4. The number of aromatic nitrogens is 4. The number of nitrogens with zero attached hydrogens (tertiary/aromatic N) is 6. The Morgan fingerprint density at radius 1 is 0.661 bits per heavy atom. The second-order valence-corrected chi connectivity index (χ2v) is 17.2. The Morgan fingerprint density at radius 2 is 1.25 bits per heavy atom. The Hall–Kier alpha value is -5.85. The molecule has 0 bridgehead atoms. The van der Waals surface area contributed by atoms with Crippen LogP contribution in [-0.2, 0) is 15.6 Å². The fraction of sp³-hybridized carbons (Fsp3) is 0.133. The number of rotatable bonds is 9. The van der Waals surface area contributed by atoms with E-state index in [4.69, 9.17) is 10.1 Å². The van der Waals surface area contributed by atoms with Crippen molar-refractivity contribution < 1.29 is 12.8 Å². The van der Waals surface area contributed by atoms with E-state index in [0.717, 1.165) is 49.2 Å². The van der Waals surface area contributed by atoms with Crippen LogP contribution in [0.5, 0.6) is 0 Å². The summed E-state index contributed by atoms with van der Waals surface area (Å²) in [7, 11) is -1.65. The average Bonchev–Trinajstić information content (AvgIpc) is 3.92. The van der Waals surface area contributed by atoms with Gasteiger partial charge in [-0.15, -0.1) is 11.3 Å². The van der Waals surface area contributed by atoms with Crippen molar-refractivity contribution in [2.24, 2.45) is 0 Å². The number of hydrogen-bond donors (Lipinski definition) is 0. The predicted octanol–water partition coefficient (Wildman–Crippen LogP) is 8.80. The number of likely N-dealkylation sites (N-methyl/N-ethyl adjacent to an activating group) is 1. The third-order valence-corrected chi connectivity index (χ3v) is 14.0. The van der Waals surface area contributed by atoms with Crippen LogP contribution in [0.3, 0.4) is 0 Å². The Labute approximate surface area is 329 Å². The minimum absolute atomic E-state index is 0.291. The molecule has 11 heteroatoms. The number of fused-ring (bicyclic) bond motifs is 1. The van der Waals surface area contributed by atoms with Gasteiger partial charge in [0.1, 0.15) is 27.6 Å². The SMILES string of the molecule is CN1CCN(S(=O)(=O)c2ccc(-c3ncnc4ccc(-c5cn(C(c6ccccc6)(c6ccccc6)c6ccccc6)nc5-c5ccc(F)cc5)cc34)s2)CC1. The summed E-state index contributed by atoms with van der Waals surface area (Å²) in [6.07, 6.45) is 3.59. The minimum atomic E-state index is -3.65. The highest BCUT2D eigenvalue weighted by molar-refractivity contribution is 7.91. The lowest BCUT2D eigenvalue weighted by Crippen LogP contribution is -2.46. The Kier molecular flexibility index (Phi) is 9.38. The van der Waals surface area contributed by atoms with E-state index < -0.39 is 15.6 Å². The molecule has 0 radical (unpaired) electrons. The van der Waals surface area contributed by atoms with Gasteiger partial charge in [0, 0.05) is 48.9 Å². The molecule has 1 aliphatic rings. The first-order chi connectivity index (χ1) is 27.3. The Bertz CT molecular complexity index is 2650. The van der Waals surface area contributed by atoms with Gasteiger partial charge in [0.15, 0.2) is 0 Å². The zero-order valence-electron chi connectivity index (χ0n) is 30.5. The smallest absolute Gasteiger partial charge is 0.252 e. The van der Waals surface area contributed by atoms with Crippen LogP contribution in [0, 0.1) is 5.82 Å². The molecule has 56 heavy (non-hydrogen) atoms. The lowest BCUT2D eigenvalue weighted by Gasteiger charge is -2.36. The van der Waals surface area contributed by atoms with Crippen LogP contribution in [0.25, 0.3) is 43.9 Å². The van der Waals surface area contributed by atoms with Gasteiger partial charge in [0.2, 0.25) is 0 Å². The molecule has 1 saturated heterocycles. The summed E-state index contributed by atoms with van der Waals surface area (Å²) < 4.78 is 45.6. The summed E-state index contributed by atoms with van der Waals surface area (Å²) in [5, 5.41) is 6.19. The van der Waals surface area contributed by atoms with E-state index >= 15 is 0 Å². The molecule has 0 spiro atoms. The highest BCUT2D eigenvalue weighted by Crippen LogP contribution is 2.44. The zero-order chi connectivity index (χ0) is 38.3. The van der Waals surface area contributed by atoms with E-state index in [-0.39, 0.29) is 5.82 Å². The first-order valence-corrected chi connectivity index (χ1v) is 20.6. The van der Waals surface area contributed by atoms with E-state index in [1.807, 2.05) is 90.6 Å². The monoisotopic (exact) mass is 776 g/mol. The molecule has 1 aliphatic heterocycles. The number of hydrogen-bond acceptors (Lipinski definition) is 7. The first kappa shape index (κ1) is 35.8. The molecule has 1 fully saturated rings. The Balaban J connectivity index is 1.24. The molecule has 3 aromatic heterocycles. The fourth-order valence-corrected chi connectivity index (χ4v) is 10.6. The number of piperazine rings is 1. The van der Waals surface area contributed by atoms with Crippen LogP contribution in [0.15, 0.2) is 162 Å². The van der Waals surface area contributed by atoms with Crippen LogP contribution in [-0.4, -0.2) is 70.6 Å².